The molecule has 0 saturated heterocycles. The third-order valence-corrected chi connectivity index (χ3v) is 3.02. The fourth-order valence-corrected chi connectivity index (χ4v) is 2.16. The first kappa shape index (κ1) is 15.2. The average Bonchev–Trinajstić information content (AvgIpc) is 2.81. The van der Waals surface area contributed by atoms with Crippen molar-refractivity contribution in [2.75, 3.05) is 5.32 Å². The Morgan fingerprint density at radius 1 is 1.38 bits per heavy atom. The van der Waals surface area contributed by atoms with Crippen molar-refractivity contribution < 1.29 is 19.2 Å². The molecule has 1 aromatic carbocycles. The number of carbonyl (C=O) groups is 2. The van der Waals surface area contributed by atoms with E-state index in [1.165, 1.54) is 12.1 Å². The van der Waals surface area contributed by atoms with Gasteiger partial charge in [0.15, 0.2) is 5.82 Å². The van der Waals surface area contributed by atoms with Crippen LogP contribution in [0.4, 0.5) is 5.69 Å². The average molecular weight is 354 g/mol. The normalized spacial score (nSPS) is 10.4. The highest BCUT2D eigenvalue weighted by molar-refractivity contribution is 9.10. The number of hydrogen-bond donors (Lipinski definition) is 2. The molecule has 0 aliphatic heterocycles. The monoisotopic (exact) mass is 353 g/mol. The van der Waals surface area contributed by atoms with E-state index in [1.807, 2.05) is 0 Å². The van der Waals surface area contributed by atoms with E-state index in [0.29, 0.717) is 28.3 Å². The number of aryl methyl sites for hydroxylation is 2. The van der Waals surface area contributed by atoms with Gasteiger partial charge in [-0.05, 0) is 25.1 Å². The van der Waals surface area contributed by atoms with Gasteiger partial charge in [0.1, 0.15) is 0 Å². The number of carboxylic acid groups (broad SMARTS) is 1. The fraction of sp³-hybridized carbons (Fsp3) is 0.231. The van der Waals surface area contributed by atoms with Crippen molar-refractivity contribution in [1.29, 1.82) is 0 Å². The van der Waals surface area contributed by atoms with Gasteiger partial charge in [-0.1, -0.05) is 21.1 Å². The summed E-state index contributed by atoms with van der Waals surface area (Å²) in [6.45, 7) is 1.70. The Morgan fingerprint density at radius 3 is 2.76 bits per heavy atom. The SMILES string of the molecule is Cc1noc(CCC(=O)Nc2cc(Br)cc(C(=O)O)c2)n1. The maximum atomic E-state index is 11.8. The van der Waals surface area contributed by atoms with Crippen molar-refractivity contribution in [3.05, 3.63) is 40.0 Å². The van der Waals surface area contributed by atoms with Crippen LogP contribution in [0.25, 0.3) is 0 Å². The number of amides is 1. The van der Waals surface area contributed by atoms with Gasteiger partial charge in [-0.25, -0.2) is 4.79 Å². The van der Waals surface area contributed by atoms with Crippen molar-refractivity contribution in [3.8, 4) is 0 Å². The summed E-state index contributed by atoms with van der Waals surface area (Å²) in [5.41, 5.74) is 0.501. The molecule has 7 nitrogen and oxygen atoms in total. The second-order valence-corrected chi connectivity index (χ2v) is 5.23. The Hall–Kier alpha value is -2.22. The second-order valence-electron chi connectivity index (χ2n) is 4.32. The van der Waals surface area contributed by atoms with E-state index in [9.17, 15) is 9.59 Å². The van der Waals surface area contributed by atoms with Gasteiger partial charge in [0.25, 0.3) is 0 Å². The van der Waals surface area contributed by atoms with E-state index in [2.05, 4.69) is 31.4 Å². The molecule has 1 heterocycles. The van der Waals surface area contributed by atoms with Crippen LogP contribution in [0, 0.1) is 6.92 Å². The minimum Gasteiger partial charge on any atom is -0.478 e. The lowest BCUT2D eigenvalue weighted by molar-refractivity contribution is -0.116. The zero-order valence-electron chi connectivity index (χ0n) is 11.1. The van der Waals surface area contributed by atoms with Gasteiger partial charge in [0, 0.05) is 23.0 Å². The number of carbonyl (C=O) groups excluding carboxylic acids is 1. The number of benzene rings is 1. The van der Waals surface area contributed by atoms with Crippen LogP contribution >= 0.6 is 15.9 Å². The predicted octanol–water partition coefficient (Wildman–Crippen LogP) is 2.41. The molecule has 8 heteroatoms. The maximum Gasteiger partial charge on any atom is 0.335 e. The van der Waals surface area contributed by atoms with Crippen molar-refractivity contribution in [1.82, 2.24) is 10.1 Å². The molecule has 0 aliphatic rings. The number of anilines is 1. The van der Waals surface area contributed by atoms with E-state index >= 15 is 0 Å². The Labute approximate surface area is 128 Å². The molecule has 0 fully saturated rings. The lowest BCUT2D eigenvalue weighted by Crippen LogP contribution is -2.13. The van der Waals surface area contributed by atoms with E-state index in [1.54, 1.807) is 13.0 Å². The topological polar surface area (TPSA) is 105 Å². The summed E-state index contributed by atoms with van der Waals surface area (Å²) in [7, 11) is 0. The third-order valence-electron chi connectivity index (χ3n) is 2.56. The Morgan fingerprint density at radius 2 is 2.14 bits per heavy atom. The molecule has 1 aromatic heterocycles. The summed E-state index contributed by atoms with van der Waals surface area (Å²) in [4.78, 5) is 26.8. The Balaban J connectivity index is 1.97. The van der Waals surface area contributed by atoms with Crippen LogP contribution in [-0.2, 0) is 11.2 Å². The molecule has 0 aliphatic carbocycles. The van der Waals surface area contributed by atoms with E-state index in [0.717, 1.165) is 0 Å². The van der Waals surface area contributed by atoms with Crippen LogP contribution in [-0.4, -0.2) is 27.1 Å². The zero-order valence-corrected chi connectivity index (χ0v) is 12.7. The summed E-state index contributed by atoms with van der Waals surface area (Å²) in [5, 5.41) is 15.2. The summed E-state index contributed by atoms with van der Waals surface area (Å²) in [6, 6.07) is 4.47. The number of hydrogen-bond acceptors (Lipinski definition) is 5. The standard InChI is InChI=1S/C13H12BrN3O4/c1-7-15-12(21-17-7)3-2-11(18)16-10-5-8(13(19)20)4-9(14)6-10/h4-6H,2-3H2,1H3,(H,16,18)(H,19,20). The first-order chi connectivity index (χ1) is 9.94. The van der Waals surface area contributed by atoms with Gasteiger partial charge in [-0.3, -0.25) is 4.79 Å². The van der Waals surface area contributed by atoms with Gasteiger partial charge in [-0.2, -0.15) is 4.98 Å². The van der Waals surface area contributed by atoms with Gasteiger partial charge in [0.05, 0.1) is 5.56 Å². The van der Waals surface area contributed by atoms with Crippen molar-refractivity contribution in [2.24, 2.45) is 0 Å². The smallest absolute Gasteiger partial charge is 0.335 e. The van der Waals surface area contributed by atoms with Crippen LogP contribution < -0.4 is 5.32 Å². The minimum atomic E-state index is -1.06. The number of nitrogens with one attached hydrogen (secondary N) is 1. The Kier molecular flexibility index (Phi) is 4.69. The van der Waals surface area contributed by atoms with Gasteiger partial charge >= 0.3 is 5.97 Å². The fourth-order valence-electron chi connectivity index (χ4n) is 1.67. The van der Waals surface area contributed by atoms with Crippen LogP contribution in [0.2, 0.25) is 0 Å². The molecule has 2 rings (SSSR count). The molecule has 0 spiro atoms. The van der Waals surface area contributed by atoms with Crippen LogP contribution in [0.5, 0.6) is 0 Å². The quantitative estimate of drug-likeness (QED) is 0.854. The number of rotatable bonds is 5. The maximum absolute atomic E-state index is 11.8. The lowest BCUT2D eigenvalue weighted by Gasteiger charge is -2.06. The molecule has 2 aromatic rings. The Bertz CT molecular complexity index is 684. The van der Waals surface area contributed by atoms with E-state index in [-0.39, 0.29) is 17.9 Å². The summed E-state index contributed by atoms with van der Waals surface area (Å²) in [6.07, 6.45) is 0.489. The molecule has 110 valence electrons. The second kappa shape index (κ2) is 6.49. The molecule has 0 unspecified atom stereocenters. The van der Waals surface area contributed by atoms with Crippen LogP contribution in [0.15, 0.2) is 27.2 Å². The summed E-state index contributed by atoms with van der Waals surface area (Å²) in [5.74, 6) is -0.417. The predicted molar refractivity (Wildman–Crippen MR) is 77.1 cm³/mol. The van der Waals surface area contributed by atoms with Crippen molar-refractivity contribution in [3.63, 3.8) is 0 Å². The number of nitrogens with zero attached hydrogens (tertiary/aromatic N) is 2. The summed E-state index contributed by atoms with van der Waals surface area (Å²) < 4.78 is 5.48. The minimum absolute atomic E-state index is 0.0900. The van der Waals surface area contributed by atoms with Crippen LogP contribution in [0.3, 0.4) is 0 Å². The largest absolute Gasteiger partial charge is 0.478 e. The van der Waals surface area contributed by atoms with E-state index in [4.69, 9.17) is 9.63 Å². The first-order valence-electron chi connectivity index (χ1n) is 6.07. The molecule has 0 bridgehead atoms. The van der Waals surface area contributed by atoms with Crippen molar-refractivity contribution >= 4 is 33.5 Å². The van der Waals surface area contributed by atoms with Gasteiger partial charge in [0.2, 0.25) is 11.8 Å². The molecule has 1 amide bonds. The molecular weight excluding hydrogens is 342 g/mol. The van der Waals surface area contributed by atoms with Gasteiger partial charge in [-0.15, -0.1) is 0 Å². The molecule has 0 saturated carbocycles. The number of carboxylic acids is 1. The number of aromatic carboxylic acids is 1. The van der Waals surface area contributed by atoms with Crippen molar-refractivity contribution in [2.45, 2.75) is 19.8 Å². The highest BCUT2D eigenvalue weighted by atomic mass is 79.9. The molecular formula is C13H12BrN3O4. The van der Waals surface area contributed by atoms with E-state index < -0.39 is 5.97 Å². The molecule has 0 radical (unpaired) electrons. The van der Waals surface area contributed by atoms with Gasteiger partial charge < -0.3 is 14.9 Å². The number of halogens is 1. The molecule has 2 N–H and O–H groups in total. The zero-order chi connectivity index (χ0) is 15.4. The highest BCUT2D eigenvalue weighted by Crippen LogP contribution is 2.20. The summed E-state index contributed by atoms with van der Waals surface area (Å²) >= 11 is 3.20. The first-order valence-corrected chi connectivity index (χ1v) is 6.86. The highest BCUT2D eigenvalue weighted by Gasteiger charge is 2.10. The van der Waals surface area contributed by atoms with Crippen LogP contribution in [0.1, 0.15) is 28.5 Å². The number of aromatic nitrogens is 2. The molecule has 0 atom stereocenters. The molecule has 21 heavy (non-hydrogen) atoms. The lowest BCUT2D eigenvalue weighted by atomic mass is 10.2. The third kappa shape index (κ3) is 4.38.